The predicted molar refractivity (Wildman–Crippen MR) is 128 cm³/mol. The van der Waals surface area contributed by atoms with Gasteiger partial charge in [-0.1, -0.05) is 32.0 Å². The third-order valence-electron chi connectivity index (χ3n) is 7.33. The van der Waals surface area contributed by atoms with Gasteiger partial charge >= 0.3 is 0 Å². The second kappa shape index (κ2) is 9.55. The summed E-state index contributed by atoms with van der Waals surface area (Å²) in [5.74, 6) is -0.0144. The second-order valence-corrected chi connectivity index (χ2v) is 9.72. The molecule has 4 rings (SSSR count). The van der Waals surface area contributed by atoms with Crippen LogP contribution >= 0.6 is 0 Å². The average Bonchev–Trinajstić information content (AvgIpc) is 3.51. The Morgan fingerprint density at radius 1 is 1.09 bits per heavy atom. The summed E-state index contributed by atoms with van der Waals surface area (Å²) in [6.07, 6.45) is 4.52. The van der Waals surface area contributed by atoms with E-state index in [2.05, 4.69) is 20.9 Å². The fraction of sp³-hybridized carbons (Fsp3) is 0.560. The minimum atomic E-state index is -0.586. The number of benzene rings is 1. The fourth-order valence-electron chi connectivity index (χ4n) is 5.33. The quantitative estimate of drug-likeness (QED) is 0.515. The second-order valence-electron chi connectivity index (χ2n) is 9.72. The predicted octanol–water partition coefficient (Wildman–Crippen LogP) is 2.03. The van der Waals surface area contributed by atoms with Crippen LogP contribution in [0.5, 0.6) is 0 Å². The van der Waals surface area contributed by atoms with Crippen LogP contribution in [-0.4, -0.2) is 65.4 Å². The monoisotopic (exact) mass is 453 g/mol. The van der Waals surface area contributed by atoms with Crippen molar-refractivity contribution >= 4 is 28.6 Å². The van der Waals surface area contributed by atoms with E-state index in [1.807, 2.05) is 43.0 Å². The smallest absolute Gasteiger partial charge is 0.253 e. The number of H-pyrrole nitrogens is 1. The largest absolute Gasteiger partial charge is 0.360 e. The molecule has 0 bridgehead atoms. The number of hydrogen-bond acceptors (Lipinski definition) is 4. The number of aromatic nitrogens is 1. The molecule has 1 aromatic heterocycles. The molecule has 2 heterocycles. The minimum Gasteiger partial charge on any atom is -0.360 e. The number of amides is 3. The Morgan fingerprint density at radius 3 is 2.58 bits per heavy atom. The molecule has 0 spiro atoms. The van der Waals surface area contributed by atoms with Crippen LogP contribution in [0, 0.1) is 11.8 Å². The molecule has 0 radical (unpaired) electrons. The van der Waals surface area contributed by atoms with E-state index in [1.54, 1.807) is 20.2 Å². The highest BCUT2D eigenvalue weighted by Gasteiger charge is 2.48. The van der Waals surface area contributed by atoms with Gasteiger partial charge in [0.05, 0.1) is 17.6 Å². The first-order valence-corrected chi connectivity index (χ1v) is 12.0. The van der Waals surface area contributed by atoms with Gasteiger partial charge in [-0.05, 0) is 51.1 Å². The lowest BCUT2D eigenvalue weighted by Gasteiger charge is -2.34. The van der Waals surface area contributed by atoms with Crippen LogP contribution in [0.25, 0.3) is 10.9 Å². The third kappa shape index (κ3) is 4.49. The van der Waals surface area contributed by atoms with Crippen LogP contribution in [-0.2, 0) is 9.59 Å². The number of fused-ring (bicyclic) bond motifs is 2. The summed E-state index contributed by atoms with van der Waals surface area (Å²) in [6, 6.07) is 6.65. The highest BCUT2D eigenvalue weighted by Crippen LogP contribution is 2.39. The van der Waals surface area contributed by atoms with Crippen molar-refractivity contribution in [2.75, 3.05) is 13.6 Å². The number of carbonyl (C=O) groups excluding carboxylic acids is 3. The molecule has 2 fully saturated rings. The molecule has 1 saturated carbocycles. The van der Waals surface area contributed by atoms with Crippen LogP contribution in [0.3, 0.4) is 0 Å². The van der Waals surface area contributed by atoms with Gasteiger partial charge in [-0.2, -0.15) is 0 Å². The molecule has 1 aromatic carbocycles. The average molecular weight is 454 g/mol. The van der Waals surface area contributed by atoms with E-state index in [4.69, 9.17) is 0 Å². The maximum absolute atomic E-state index is 13.6. The van der Waals surface area contributed by atoms with Crippen molar-refractivity contribution in [2.24, 2.45) is 11.8 Å². The van der Waals surface area contributed by atoms with Gasteiger partial charge in [0.15, 0.2) is 0 Å². The Kier molecular flexibility index (Phi) is 6.74. The minimum absolute atomic E-state index is 0.0356. The van der Waals surface area contributed by atoms with Crippen molar-refractivity contribution in [3.8, 4) is 0 Å². The van der Waals surface area contributed by atoms with Crippen molar-refractivity contribution in [1.82, 2.24) is 25.8 Å². The molecule has 3 amide bonds. The van der Waals surface area contributed by atoms with Gasteiger partial charge in [0.2, 0.25) is 11.8 Å². The molecule has 3 unspecified atom stereocenters. The normalized spacial score (nSPS) is 24.0. The van der Waals surface area contributed by atoms with Gasteiger partial charge in [0.25, 0.3) is 5.91 Å². The van der Waals surface area contributed by atoms with Crippen molar-refractivity contribution in [1.29, 1.82) is 0 Å². The van der Waals surface area contributed by atoms with Crippen molar-refractivity contribution in [2.45, 2.75) is 64.2 Å². The lowest BCUT2D eigenvalue weighted by Crippen LogP contribution is -2.58. The van der Waals surface area contributed by atoms with E-state index in [9.17, 15) is 14.4 Å². The van der Waals surface area contributed by atoms with E-state index in [0.29, 0.717) is 18.0 Å². The zero-order chi connectivity index (χ0) is 23.7. The van der Waals surface area contributed by atoms with E-state index < -0.39 is 6.04 Å². The first-order valence-electron chi connectivity index (χ1n) is 12.0. The van der Waals surface area contributed by atoms with Crippen LogP contribution in [0.4, 0.5) is 0 Å². The maximum Gasteiger partial charge on any atom is 0.253 e. The Labute approximate surface area is 194 Å². The summed E-state index contributed by atoms with van der Waals surface area (Å²) in [5.41, 5.74) is 1.55. The molecule has 2 aliphatic rings. The van der Waals surface area contributed by atoms with Gasteiger partial charge in [-0.15, -0.1) is 0 Å². The van der Waals surface area contributed by atoms with E-state index in [1.165, 1.54) is 0 Å². The zero-order valence-electron chi connectivity index (χ0n) is 19.9. The number of nitrogens with one attached hydrogen (secondary N) is 4. The molecule has 2 aromatic rings. The van der Waals surface area contributed by atoms with Crippen molar-refractivity contribution < 1.29 is 14.4 Å². The SMILES string of the molecule is CN[C@@H](C)C(=O)N[C@H](C(=O)N1CCC2CCC(NC(=O)c3c[nH]c4ccccc34)C21)C(C)C. The molecular weight excluding hydrogens is 418 g/mol. The number of hydrogen-bond donors (Lipinski definition) is 4. The molecule has 8 nitrogen and oxygen atoms in total. The molecule has 33 heavy (non-hydrogen) atoms. The molecule has 178 valence electrons. The van der Waals surface area contributed by atoms with E-state index >= 15 is 0 Å². The molecule has 1 aliphatic carbocycles. The Hall–Kier alpha value is -2.87. The van der Waals surface area contributed by atoms with Gasteiger partial charge in [-0.25, -0.2) is 0 Å². The van der Waals surface area contributed by atoms with Gasteiger partial charge in [0, 0.05) is 29.7 Å². The maximum atomic E-state index is 13.6. The molecule has 4 N–H and O–H groups in total. The van der Waals surface area contributed by atoms with Gasteiger partial charge in [0.1, 0.15) is 6.04 Å². The Morgan fingerprint density at radius 2 is 1.85 bits per heavy atom. The van der Waals surface area contributed by atoms with Crippen LogP contribution < -0.4 is 16.0 Å². The van der Waals surface area contributed by atoms with E-state index in [-0.39, 0.29) is 41.8 Å². The fourth-order valence-corrected chi connectivity index (χ4v) is 5.33. The number of aromatic amines is 1. The molecule has 5 atom stereocenters. The Balaban J connectivity index is 1.49. The highest BCUT2D eigenvalue weighted by molar-refractivity contribution is 6.06. The zero-order valence-corrected chi connectivity index (χ0v) is 19.9. The first kappa shape index (κ1) is 23.3. The number of carbonyl (C=O) groups is 3. The van der Waals surface area contributed by atoms with Crippen molar-refractivity contribution in [3.05, 3.63) is 36.0 Å². The summed E-state index contributed by atoms with van der Waals surface area (Å²) in [5, 5.41) is 9.97. The summed E-state index contributed by atoms with van der Waals surface area (Å²) < 4.78 is 0. The van der Waals surface area contributed by atoms with Gasteiger partial charge in [-0.3, -0.25) is 14.4 Å². The highest BCUT2D eigenvalue weighted by atomic mass is 16.2. The number of likely N-dealkylation sites (tertiary alicyclic amines) is 1. The number of rotatable bonds is 7. The summed E-state index contributed by atoms with van der Waals surface area (Å²) in [4.78, 5) is 44.3. The Bertz CT molecular complexity index is 1030. The summed E-state index contributed by atoms with van der Waals surface area (Å²) in [7, 11) is 1.72. The van der Waals surface area contributed by atoms with Crippen molar-refractivity contribution in [3.63, 3.8) is 0 Å². The molecule has 1 aliphatic heterocycles. The summed E-state index contributed by atoms with van der Waals surface area (Å²) in [6.45, 7) is 6.33. The standard InChI is InChI=1S/C25H35N5O3/c1-14(2)21(29-23(31)15(3)26-4)25(33)30-12-11-16-9-10-20(22(16)30)28-24(32)18-13-27-19-8-6-5-7-17(18)19/h5-8,13-16,20-22,26-27H,9-12H2,1-4H3,(H,28,32)(H,29,31)/t15-,16?,20?,21-,22?/m0/s1. The number of para-hydroxylation sites is 1. The van der Waals surface area contributed by atoms with Crippen LogP contribution in [0.2, 0.25) is 0 Å². The lowest BCUT2D eigenvalue weighted by molar-refractivity contribution is -0.139. The van der Waals surface area contributed by atoms with Crippen LogP contribution in [0.1, 0.15) is 50.4 Å². The summed E-state index contributed by atoms with van der Waals surface area (Å²) >= 11 is 0. The first-order chi connectivity index (χ1) is 15.8. The lowest BCUT2D eigenvalue weighted by atomic mass is 9.99. The topological polar surface area (TPSA) is 106 Å². The van der Waals surface area contributed by atoms with Gasteiger partial charge < -0.3 is 25.8 Å². The van der Waals surface area contributed by atoms with E-state index in [0.717, 1.165) is 30.2 Å². The number of nitrogens with zero attached hydrogens (tertiary/aromatic N) is 1. The number of likely N-dealkylation sites (N-methyl/N-ethyl adjacent to an activating group) is 1. The third-order valence-corrected chi connectivity index (χ3v) is 7.33. The molecule has 8 heteroatoms. The molecule has 1 saturated heterocycles. The van der Waals surface area contributed by atoms with Crippen LogP contribution in [0.15, 0.2) is 30.5 Å². The molecular formula is C25H35N5O3.